The lowest BCUT2D eigenvalue weighted by molar-refractivity contribution is 0.0982. The van der Waals surface area contributed by atoms with Crippen molar-refractivity contribution in [2.45, 2.75) is 39.2 Å². The smallest absolute Gasteiger partial charge is 0.165 e. The molecule has 0 radical (unpaired) electrons. The third-order valence-electron chi connectivity index (χ3n) is 6.72. The van der Waals surface area contributed by atoms with Crippen LogP contribution in [-0.2, 0) is 20.0 Å². The summed E-state index contributed by atoms with van der Waals surface area (Å²) in [4.78, 5) is 18.3. The molecule has 3 aromatic heterocycles. The molecule has 0 bridgehead atoms. The van der Waals surface area contributed by atoms with Crippen molar-refractivity contribution in [3.63, 3.8) is 0 Å². The molecule has 5 nitrogen and oxygen atoms in total. The number of nitrogens with zero attached hydrogens (tertiary/aromatic N) is 4. The molecule has 0 unspecified atom stereocenters. The van der Waals surface area contributed by atoms with Crippen LogP contribution in [0.3, 0.4) is 0 Å². The van der Waals surface area contributed by atoms with Gasteiger partial charge in [0.25, 0.3) is 0 Å². The lowest BCUT2D eigenvalue weighted by atomic mass is 9.95. The van der Waals surface area contributed by atoms with Crippen molar-refractivity contribution in [1.82, 2.24) is 19.3 Å². The normalized spacial score (nSPS) is 11.5. The summed E-state index contributed by atoms with van der Waals surface area (Å²) in [6.07, 6.45) is 4.05. The Morgan fingerprint density at radius 3 is 2.49 bits per heavy atom. The van der Waals surface area contributed by atoms with Crippen LogP contribution < -0.4 is 0 Å². The Hall–Kier alpha value is -4.13. The molecule has 0 N–H and O–H groups in total. The molecule has 7 heteroatoms. The molecular formula is C30H28F2N4O. The van der Waals surface area contributed by atoms with Gasteiger partial charge in [0.15, 0.2) is 17.4 Å². The largest absolute Gasteiger partial charge is 0.338 e. The van der Waals surface area contributed by atoms with Gasteiger partial charge in [0.2, 0.25) is 0 Å². The highest BCUT2D eigenvalue weighted by Crippen LogP contribution is 2.35. The van der Waals surface area contributed by atoms with Gasteiger partial charge in [0.1, 0.15) is 0 Å². The summed E-state index contributed by atoms with van der Waals surface area (Å²) in [5, 5.41) is 5.18. The Bertz CT molecular complexity index is 1580. The average Bonchev–Trinajstić information content (AvgIpc) is 3.46. The molecule has 0 atom stereocenters. The maximum absolute atomic E-state index is 13.7. The Labute approximate surface area is 214 Å². The first-order chi connectivity index (χ1) is 17.8. The summed E-state index contributed by atoms with van der Waals surface area (Å²) in [6.45, 7) is 4.69. The van der Waals surface area contributed by atoms with Crippen molar-refractivity contribution in [3.05, 3.63) is 107 Å². The van der Waals surface area contributed by atoms with Crippen molar-refractivity contribution < 1.29 is 13.6 Å². The monoisotopic (exact) mass is 498 g/mol. The number of carbonyl (C=O) groups is 1. The molecule has 37 heavy (non-hydrogen) atoms. The van der Waals surface area contributed by atoms with Crippen molar-refractivity contribution in [1.29, 1.82) is 0 Å². The van der Waals surface area contributed by atoms with E-state index in [9.17, 15) is 13.6 Å². The summed E-state index contributed by atoms with van der Waals surface area (Å²) in [5.74, 6) is -1.74. The number of carbonyl (C=O) groups excluding carboxylic acids is 1. The zero-order valence-electron chi connectivity index (χ0n) is 21.1. The van der Waals surface area contributed by atoms with E-state index < -0.39 is 11.6 Å². The van der Waals surface area contributed by atoms with E-state index >= 15 is 0 Å². The maximum Gasteiger partial charge on any atom is 0.165 e. The SMILES string of the molecule is CC(C)c1c(C(=O)CCc2ccc(F)c(F)c2)c2ccc(-c3ccnn3C)cc2n1Cc1ccccn1. The topological polar surface area (TPSA) is 52.7 Å². The van der Waals surface area contributed by atoms with E-state index in [1.807, 2.05) is 48.1 Å². The quantitative estimate of drug-likeness (QED) is 0.224. The molecule has 5 aromatic rings. The van der Waals surface area contributed by atoms with Gasteiger partial charge in [-0.1, -0.05) is 38.1 Å². The molecule has 0 fully saturated rings. The van der Waals surface area contributed by atoms with E-state index in [2.05, 4.69) is 34.6 Å². The number of hydrogen-bond acceptors (Lipinski definition) is 3. The van der Waals surface area contributed by atoms with E-state index in [0.29, 0.717) is 24.1 Å². The molecule has 3 heterocycles. The van der Waals surface area contributed by atoms with Crippen molar-refractivity contribution >= 4 is 16.7 Å². The molecule has 0 aliphatic heterocycles. The van der Waals surface area contributed by atoms with Crippen LogP contribution >= 0.6 is 0 Å². The van der Waals surface area contributed by atoms with Crippen LogP contribution in [0.25, 0.3) is 22.2 Å². The summed E-state index contributed by atoms with van der Waals surface area (Å²) in [5.41, 5.74) is 6.04. The van der Waals surface area contributed by atoms with Gasteiger partial charge in [-0.05, 0) is 54.3 Å². The summed E-state index contributed by atoms with van der Waals surface area (Å²) >= 11 is 0. The number of fused-ring (bicyclic) bond motifs is 1. The van der Waals surface area contributed by atoms with Gasteiger partial charge in [0, 0.05) is 48.1 Å². The van der Waals surface area contributed by atoms with Crippen LogP contribution in [0.15, 0.2) is 73.1 Å². The first kappa shape index (κ1) is 24.6. The number of rotatable bonds is 8. The predicted octanol–water partition coefficient (Wildman–Crippen LogP) is 6.70. The minimum Gasteiger partial charge on any atom is -0.338 e. The van der Waals surface area contributed by atoms with E-state index in [0.717, 1.165) is 45.7 Å². The second kappa shape index (κ2) is 10.1. The minimum absolute atomic E-state index is 0.0218. The molecular weight excluding hydrogens is 470 g/mol. The van der Waals surface area contributed by atoms with Gasteiger partial charge in [-0.25, -0.2) is 8.78 Å². The Morgan fingerprint density at radius 2 is 1.81 bits per heavy atom. The van der Waals surface area contributed by atoms with E-state index in [1.165, 1.54) is 6.07 Å². The highest BCUT2D eigenvalue weighted by molar-refractivity contribution is 6.10. The molecule has 5 rings (SSSR count). The van der Waals surface area contributed by atoms with E-state index in [-0.39, 0.29) is 18.1 Å². The number of pyridine rings is 1. The Balaban J connectivity index is 1.62. The minimum atomic E-state index is -0.900. The lowest BCUT2D eigenvalue weighted by Gasteiger charge is -2.15. The second-order valence-electron chi connectivity index (χ2n) is 9.57. The summed E-state index contributed by atoms with van der Waals surface area (Å²) < 4.78 is 31.1. The highest BCUT2D eigenvalue weighted by atomic mass is 19.2. The number of benzene rings is 2. The molecule has 0 saturated carbocycles. The molecule has 188 valence electrons. The fraction of sp³-hybridized carbons (Fsp3) is 0.233. The fourth-order valence-electron chi connectivity index (χ4n) is 4.98. The summed E-state index contributed by atoms with van der Waals surface area (Å²) in [6, 6.07) is 17.7. The van der Waals surface area contributed by atoms with E-state index in [4.69, 9.17) is 0 Å². The van der Waals surface area contributed by atoms with Crippen molar-refractivity contribution in [2.75, 3.05) is 0 Å². The molecule has 0 amide bonds. The molecule has 0 aliphatic rings. The van der Waals surface area contributed by atoms with Gasteiger partial charge in [-0.2, -0.15) is 5.10 Å². The average molecular weight is 499 g/mol. The van der Waals surface area contributed by atoms with Gasteiger partial charge in [-0.15, -0.1) is 0 Å². The summed E-state index contributed by atoms with van der Waals surface area (Å²) in [7, 11) is 1.90. The van der Waals surface area contributed by atoms with Gasteiger partial charge < -0.3 is 4.57 Å². The number of aromatic nitrogens is 4. The third-order valence-corrected chi connectivity index (χ3v) is 6.72. The second-order valence-corrected chi connectivity index (χ2v) is 9.57. The van der Waals surface area contributed by atoms with Crippen LogP contribution in [0.5, 0.6) is 0 Å². The van der Waals surface area contributed by atoms with Crippen LogP contribution in [0.4, 0.5) is 8.78 Å². The van der Waals surface area contributed by atoms with Crippen LogP contribution in [0.1, 0.15) is 53.5 Å². The molecule has 0 spiro atoms. The van der Waals surface area contributed by atoms with Crippen LogP contribution in [0, 0.1) is 11.6 Å². The lowest BCUT2D eigenvalue weighted by Crippen LogP contribution is -2.11. The fourth-order valence-corrected chi connectivity index (χ4v) is 4.98. The molecule has 2 aromatic carbocycles. The first-order valence-corrected chi connectivity index (χ1v) is 12.3. The van der Waals surface area contributed by atoms with Crippen LogP contribution in [0.2, 0.25) is 0 Å². The predicted molar refractivity (Wildman–Crippen MR) is 141 cm³/mol. The number of ketones is 1. The van der Waals surface area contributed by atoms with Gasteiger partial charge in [0.05, 0.1) is 23.4 Å². The van der Waals surface area contributed by atoms with Gasteiger partial charge in [-0.3, -0.25) is 14.5 Å². The molecule has 0 aliphatic carbocycles. The maximum atomic E-state index is 13.7. The Kier molecular flexibility index (Phi) is 6.70. The van der Waals surface area contributed by atoms with Crippen molar-refractivity contribution in [2.24, 2.45) is 7.05 Å². The zero-order valence-corrected chi connectivity index (χ0v) is 21.1. The first-order valence-electron chi connectivity index (χ1n) is 12.3. The number of Topliss-reactive ketones (excluding diaryl/α,β-unsaturated/α-hetero) is 1. The number of aryl methyl sites for hydroxylation is 2. The third kappa shape index (κ3) is 4.81. The number of halogens is 2. The van der Waals surface area contributed by atoms with E-state index in [1.54, 1.807) is 12.4 Å². The number of hydrogen-bond donors (Lipinski definition) is 0. The van der Waals surface area contributed by atoms with Gasteiger partial charge >= 0.3 is 0 Å². The standard InChI is InChI=1S/C30H28F2N4O/c1-19(2)30-29(28(37)12-8-20-7-11-24(31)25(32)16-20)23-10-9-21(26-13-15-34-35(26)3)17-27(23)36(30)18-22-6-4-5-14-33-22/h4-7,9-11,13-17,19H,8,12,18H2,1-3H3. The zero-order chi connectivity index (χ0) is 26.1. The van der Waals surface area contributed by atoms with Crippen LogP contribution in [-0.4, -0.2) is 25.1 Å². The highest BCUT2D eigenvalue weighted by Gasteiger charge is 2.25. The molecule has 0 saturated heterocycles. The van der Waals surface area contributed by atoms with Crippen molar-refractivity contribution in [3.8, 4) is 11.3 Å². The Morgan fingerprint density at radius 1 is 0.973 bits per heavy atom.